The third-order valence-electron chi connectivity index (χ3n) is 7.25. The van der Waals surface area contributed by atoms with E-state index in [-0.39, 0.29) is 5.97 Å². The zero-order chi connectivity index (χ0) is 27.3. The molecule has 6 aromatic rings. The average Bonchev–Trinajstić information content (AvgIpc) is 3.34. The van der Waals surface area contributed by atoms with Gasteiger partial charge in [0.05, 0.1) is 13.2 Å². The van der Waals surface area contributed by atoms with E-state index in [0.717, 1.165) is 56.1 Å². The topological polar surface area (TPSA) is 40.5 Å². The first-order chi connectivity index (χ1) is 19.8. The molecule has 0 N–H and O–H groups in total. The maximum absolute atomic E-state index is 13.6. The van der Waals surface area contributed by atoms with E-state index < -0.39 is 0 Å². The Labute approximate surface area is 234 Å². The minimum Gasteiger partial charge on any atom is -0.493 e. The summed E-state index contributed by atoms with van der Waals surface area (Å²) in [5, 5.41) is 3.29. The van der Waals surface area contributed by atoms with E-state index in [0.29, 0.717) is 25.5 Å². The Morgan fingerprint density at radius 2 is 1.38 bits per heavy atom. The van der Waals surface area contributed by atoms with Gasteiger partial charge in [0.15, 0.2) is 0 Å². The largest absolute Gasteiger partial charge is 0.493 e. The summed E-state index contributed by atoms with van der Waals surface area (Å²) in [5.41, 5.74) is 5.69. The van der Waals surface area contributed by atoms with Gasteiger partial charge in [-0.3, -0.25) is 0 Å². The quantitative estimate of drug-likeness (QED) is 0.140. The highest BCUT2D eigenvalue weighted by Gasteiger charge is 2.26. The summed E-state index contributed by atoms with van der Waals surface area (Å²) in [6, 6.07) is 41.2. The van der Waals surface area contributed by atoms with Crippen LogP contribution in [-0.2, 0) is 11.3 Å². The number of carbonyl (C=O) groups excluding carboxylic acids is 1. The number of para-hydroxylation sites is 1. The molecule has 198 valence electrons. The van der Waals surface area contributed by atoms with Crippen molar-refractivity contribution in [2.24, 2.45) is 0 Å². The van der Waals surface area contributed by atoms with Gasteiger partial charge in [0.1, 0.15) is 11.4 Å². The molecule has 4 nitrogen and oxygen atoms in total. The van der Waals surface area contributed by atoms with Crippen LogP contribution in [0.4, 0.5) is 0 Å². The van der Waals surface area contributed by atoms with Gasteiger partial charge < -0.3 is 14.0 Å². The number of hydrogen-bond acceptors (Lipinski definition) is 3. The molecule has 5 aromatic carbocycles. The van der Waals surface area contributed by atoms with Crippen molar-refractivity contribution in [1.29, 1.82) is 0 Å². The monoisotopic (exact) mass is 525 g/mol. The zero-order valence-electron chi connectivity index (χ0n) is 22.5. The molecule has 40 heavy (non-hydrogen) atoms. The van der Waals surface area contributed by atoms with Crippen molar-refractivity contribution in [3.05, 3.63) is 127 Å². The zero-order valence-corrected chi connectivity index (χ0v) is 22.5. The van der Waals surface area contributed by atoms with Gasteiger partial charge in [-0.05, 0) is 47.6 Å². The van der Waals surface area contributed by atoms with Crippen molar-refractivity contribution in [2.45, 2.75) is 19.9 Å². The van der Waals surface area contributed by atoms with E-state index in [2.05, 4.69) is 59.2 Å². The number of fused-ring (bicyclic) bond motifs is 2. The summed E-state index contributed by atoms with van der Waals surface area (Å²) in [6.07, 6.45) is 0.730. The van der Waals surface area contributed by atoms with Crippen molar-refractivity contribution in [2.75, 3.05) is 13.2 Å². The summed E-state index contributed by atoms with van der Waals surface area (Å²) in [5.74, 6) is 0.560. The van der Waals surface area contributed by atoms with Crippen LogP contribution >= 0.6 is 0 Å². The number of aryl methyl sites for hydroxylation is 1. The summed E-state index contributed by atoms with van der Waals surface area (Å²) in [7, 11) is 0. The van der Waals surface area contributed by atoms with Crippen molar-refractivity contribution in [3.8, 4) is 28.0 Å². The van der Waals surface area contributed by atoms with Gasteiger partial charge in [-0.15, -0.1) is 0 Å². The Kier molecular flexibility index (Phi) is 7.32. The number of hydrogen-bond donors (Lipinski definition) is 0. The maximum atomic E-state index is 13.6. The average molecular weight is 526 g/mol. The minimum absolute atomic E-state index is 0.310. The Bertz CT molecular complexity index is 1780. The number of carbonyl (C=O) groups is 1. The third kappa shape index (κ3) is 4.85. The van der Waals surface area contributed by atoms with Crippen LogP contribution in [0.15, 0.2) is 121 Å². The van der Waals surface area contributed by atoms with Gasteiger partial charge in [-0.2, -0.15) is 0 Å². The maximum Gasteiger partial charge on any atom is 0.355 e. The molecule has 0 fully saturated rings. The summed E-state index contributed by atoms with van der Waals surface area (Å²) in [6.45, 7) is 3.30. The minimum atomic E-state index is -0.313. The molecule has 0 aliphatic carbocycles. The van der Waals surface area contributed by atoms with E-state index in [1.165, 1.54) is 0 Å². The number of rotatable bonds is 9. The van der Waals surface area contributed by atoms with Crippen molar-refractivity contribution < 1.29 is 14.3 Å². The third-order valence-corrected chi connectivity index (χ3v) is 7.25. The highest BCUT2D eigenvalue weighted by molar-refractivity contribution is 6.10. The fourth-order valence-electron chi connectivity index (χ4n) is 5.52. The number of esters is 1. The van der Waals surface area contributed by atoms with Gasteiger partial charge in [-0.25, -0.2) is 4.79 Å². The molecule has 0 radical (unpaired) electrons. The molecule has 0 amide bonds. The van der Waals surface area contributed by atoms with E-state index >= 15 is 0 Å². The van der Waals surface area contributed by atoms with E-state index in [1.54, 1.807) is 0 Å². The standard InChI is InChI=1S/C36H31NO3/c1-2-39-36(38)35-34(30-20-9-8-18-28(30)26-14-4-3-5-15-26)31-21-10-11-22-32(31)37(35)24-13-25-40-33-23-12-17-27-16-6-7-19-29(27)33/h3-12,14-23H,2,13,24-25H2,1H3. The second kappa shape index (κ2) is 11.5. The highest BCUT2D eigenvalue weighted by Crippen LogP contribution is 2.40. The first kappa shape index (κ1) is 25.4. The smallest absolute Gasteiger partial charge is 0.355 e. The second-order valence-electron chi connectivity index (χ2n) is 9.70. The van der Waals surface area contributed by atoms with E-state index in [1.807, 2.05) is 73.7 Å². The summed E-state index contributed by atoms with van der Waals surface area (Å²) >= 11 is 0. The lowest BCUT2D eigenvalue weighted by Gasteiger charge is -2.14. The predicted octanol–water partition coefficient (Wildman–Crippen LogP) is 8.77. The number of nitrogens with zero attached hydrogens (tertiary/aromatic N) is 1. The lowest BCUT2D eigenvalue weighted by atomic mass is 9.93. The van der Waals surface area contributed by atoms with Crippen LogP contribution in [0, 0.1) is 0 Å². The normalized spacial score (nSPS) is 11.1. The van der Waals surface area contributed by atoms with Gasteiger partial charge >= 0.3 is 5.97 Å². The number of aromatic nitrogens is 1. The van der Waals surface area contributed by atoms with Crippen LogP contribution in [0.1, 0.15) is 23.8 Å². The molecular weight excluding hydrogens is 494 g/mol. The molecule has 0 aliphatic heterocycles. The van der Waals surface area contributed by atoms with Crippen LogP contribution in [0.5, 0.6) is 5.75 Å². The molecule has 0 spiro atoms. The van der Waals surface area contributed by atoms with Crippen LogP contribution in [0.25, 0.3) is 43.9 Å². The summed E-state index contributed by atoms with van der Waals surface area (Å²) < 4.78 is 14.0. The van der Waals surface area contributed by atoms with Crippen molar-refractivity contribution in [3.63, 3.8) is 0 Å². The van der Waals surface area contributed by atoms with Crippen LogP contribution in [-0.4, -0.2) is 23.8 Å². The Hall–Kier alpha value is -4.83. The van der Waals surface area contributed by atoms with Gasteiger partial charge in [0, 0.05) is 28.4 Å². The van der Waals surface area contributed by atoms with Gasteiger partial charge in [0.2, 0.25) is 0 Å². The fraction of sp³-hybridized carbons (Fsp3) is 0.139. The molecule has 0 saturated carbocycles. The number of benzene rings is 5. The molecule has 6 rings (SSSR count). The molecule has 0 saturated heterocycles. The lowest BCUT2D eigenvalue weighted by Crippen LogP contribution is -2.15. The molecule has 4 heteroatoms. The van der Waals surface area contributed by atoms with E-state index in [4.69, 9.17) is 9.47 Å². The first-order valence-corrected chi connectivity index (χ1v) is 13.8. The number of ether oxygens (including phenoxy) is 2. The molecule has 1 heterocycles. The molecule has 1 aromatic heterocycles. The van der Waals surface area contributed by atoms with Crippen LogP contribution < -0.4 is 4.74 Å². The highest BCUT2D eigenvalue weighted by atomic mass is 16.5. The SMILES string of the molecule is CCOC(=O)c1c(-c2ccccc2-c2ccccc2)c2ccccc2n1CCCOc1cccc2ccccc12. The van der Waals surface area contributed by atoms with Crippen LogP contribution in [0.2, 0.25) is 0 Å². The second-order valence-corrected chi connectivity index (χ2v) is 9.70. The van der Waals surface area contributed by atoms with Gasteiger partial charge in [-0.1, -0.05) is 109 Å². The summed E-state index contributed by atoms with van der Waals surface area (Å²) in [4.78, 5) is 13.6. The molecule has 0 bridgehead atoms. The van der Waals surface area contributed by atoms with Crippen LogP contribution in [0.3, 0.4) is 0 Å². The van der Waals surface area contributed by atoms with Crippen molar-refractivity contribution in [1.82, 2.24) is 4.57 Å². The molecule has 0 aliphatic rings. The Morgan fingerprint density at radius 1 is 0.700 bits per heavy atom. The Morgan fingerprint density at radius 3 is 2.20 bits per heavy atom. The fourth-order valence-corrected chi connectivity index (χ4v) is 5.52. The molecule has 0 atom stereocenters. The Balaban J connectivity index is 1.40. The first-order valence-electron chi connectivity index (χ1n) is 13.8. The van der Waals surface area contributed by atoms with Crippen molar-refractivity contribution >= 4 is 27.6 Å². The van der Waals surface area contributed by atoms with E-state index in [9.17, 15) is 4.79 Å². The molecular formula is C36H31NO3. The predicted molar refractivity (Wildman–Crippen MR) is 163 cm³/mol. The van der Waals surface area contributed by atoms with Gasteiger partial charge in [0.25, 0.3) is 0 Å². The molecule has 0 unspecified atom stereocenters. The lowest BCUT2D eigenvalue weighted by molar-refractivity contribution is 0.0515.